The zero-order valence-electron chi connectivity index (χ0n) is 35.0. The monoisotopic (exact) mass is 835 g/mol. The molecule has 0 bridgehead atoms. The lowest BCUT2D eigenvalue weighted by molar-refractivity contribution is 0.517. The van der Waals surface area contributed by atoms with Crippen LogP contribution < -0.4 is 4.90 Å². The summed E-state index contributed by atoms with van der Waals surface area (Å²) in [6.07, 6.45) is 5.43. The molecule has 11 aromatic rings. The summed E-state index contributed by atoms with van der Waals surface area (Å²) in [5.74, 6) is 1.19. The van der Waals surface area contributed by atoms with E-state index in [9.17, 15) is 0 Å². The van der Waals surface area contributed by atoms with Crippen molar-refractivity contribution in [3.63, 3.8) is 0 Å². The number of fused-ring (bicyclic) bond motifs is 9. The van der Waals surface area contributed by atoms with Gasteiger partial charge >= 0.3 is 0 Å². The molecule has 0 aliphatic heterocycles. The van der Waals surface area contributed by atoms with E-state index in [2.05, 4.69) is 235 Å². The Morgan fingerprint density at radius 1 is 0.484 bits per heavy atom. The first kappa shape index (κ1) is 36.9. The Bertz CT molecular complexity index is 3550. The molecule has 1 unspecified atom stereocenters. The molecule has 0 N–H and O–H groups in total. The van der Waals surface area contributed by atoms with E-state index in [4.69, 9.17) is 4.42 Å². The number of hydrogen-bond donors (Lipinski definition) is 0. The van der Waals surface area contributed by atoms with Gasteiger partial charge in [-0.3, -0.25) is 0 Å². The molecular formula is C61H41NOS. The highest BCUT2D eigenvalue weighted by molar-refractivity contribution is 7.26. The maximum Gasteiger partial charge on any atom is 0.134 e. The minimum Gasteiger partial charge on any atom is -0.460 e. The normalized spacial score (nSPS) is 14.7. The highest BCUT2D eigenvalue weighted by atomic mass is 32.1. The van der Waals surface area contributed by atoms with Crippen LogP contribution in [0.15, 0.2) is 229 Å². The lowest BCUT2D eigenvalue weighted by Crippen LogP contribution is -2.28. The van der Waals surface area contributed by atoms with Crippen LogP contribution >= 0.6 is 11.3 Å². The predicted molar refractivity (Wildman–Crippen MR) is 268 cm³/mol. The smallest absolute Gasteiger partial charge is 0.134 e. The molecule has 2 aromatic heterocycles. The molecule has 0 saturated carbocycles. The fourth-order valence-corrected chi connectivity index (χ4v) is 12.1. The zero-order valence-corrected chi connectivity index (χ0v) is 35.8. The van der Waals surface area contributed by atoms with E-state index in [0.29, 0.717) is 0 Å². The highest BCUT2D eigenvalue weighted by Gasteiger charge is 2.45. The first-order chi connectivity index (χ1) is 31.7. The van der Waals surface area contributed by atoms with Crippen molar-refractivity contribution in [3.8, 4) is 22.3 Å². The van der Waals surface area contributed by atoms with Crippen LogP contribution in [0.25, 0.3) is 59.5 Å². The molecule has 3 heteroatoms. The summed E-state index contributed by atoms with van der Waals surface area (Å²) in [4.78, 5) is 2.42. The van der Waals surface area contributed by atoms with Crippen LogP contribution in [-0.2, 0) is 5.41 Å². The number of thiophene rings is 1. The molecule has 0 saturated heterocycles. The van der Waals surface area contributed by atoms with Crippen LogP contribution in [0.4, 0.5) is 17.1 Å². The molecule has 0 amide bonds. The fraction of sp³-hybridized carbons (Fsp3) is 0.0492. The Kier molecular flexibility index (Phi) is 8.47. The number of hydrogen-bond acceptors (Lipinski definition) is 3. The number of allylic oxidation sites excluding steroid dienone is 1. The van der Waals surface area contributed by atoms with Gasteiger partial charge in [0, 0.05) is 54.1 Å². The van der Waals surface area contributed by atoms with Crippen LogP contribution in [0, 0.1) is 0 Å². The topological polar surface area (TPSA) is 16.4 Å². The summed E-state index contributed by atoms with van der Waals surface area (Å²) < 4.78 is 9.18. The molecule has 0 spiro atoms. The van der Waals surface area contributed by atoms with Crippen LogP contribution in [0.3, 0.4) is 0 Å². The molecule has 13 rings (SSSR count). The molecular weight excluding hydrogens is 795 g/mol. The van der Waals surface area contributed by atoms with Gasteiger partial charge in [0.1, 0.15) is 11.3 Å². The Morgan fingerprint density at radius 2 is 1.09 bits per heavy atom. The van der Waals surface area contributed by atoms with Crippen molar-refractivity contribution in [1.29, 1.82) is 0 Å². The lowest BCUT2D eigenvalue weighted by Gasteiger charge is -2.34. The van der Waals surface area contributed by atoms with Gasteiger partial charge in [0.15, 0.2) is 0 Å². The third kappa shape index (κ3) is 5.57. The Hall–Kier alpha value is -7.72. The van der Waals surface area contributed by atoms with Crippen molar-refractivity contribution in [2.45, 2.75) is 17.8 Å². The molecule has 302 valence electrons. The summed E-state index contributed by atoms with van der Waals surface area (Å²) in [6.45, 7) is 0. The van der Waals surface area contributed by atoms with Gasteiger partial charge in [0.2, 0.25) is 0 Å². The van der Waals surface area contributed by atoms with Crippen molar-refractivity contribution in [2.75, 3.05) is 4.90 Å². The van der Waals surface area contributed by atoms with Gasteiger partial charge in [0.25, 0.3) is 0 Å². The molecule has 0 fully saturated rings. The summed E-state index contributed by atoms with van der Waals surface area (Å²) in [5.41, 5.74) is 16.4. The Labute approximate surface area is 376 Å². The summed E-state index contributed by atoms with van der Waals surface area (Å²) >= 11 is 1.88. The third-order valence-corrected chi connectivity index (χ3v) is 14.9. The first-order valence-electron chi connectivity index (χ1n) is 22.2. The number of furan rings is 1. The molecule has 1 atom stereocenters. The van der Waals surface area contributed by atoms with E-state index in [1.165, 1.54) is 81.2 Å². The van der Waals surface area contributed by atoms with Crippen molar-refractivity contribution >= 4 is 65.6 Å². The van der Waals surface area contributed by atoms with Gasteiger partial charge in [-0.1, -0.05) is 182 Å². The quantitative estimate of drug-likeness (QED) is 0.159. The van der Waals surface area contributed by atoms with Gasteiger partial charge in [0.05, 0.1) is 5.41 Å². The molecule has 64 heavy (non-hydrogen) atoms. The van der Waals surface area contributed by atoms with Gasteiger partial charge < -0.3 is 9.32 Å². The average molecular weight is 836 g/mol. The third-order valence-electron chi connectivity index (χ3n) is 13.7. The molecule has 9 aromatic carbocycles. The van der Waals surface area contributed by atoms with Crippen molar-refractivity contribution in [3.05, 3.63) is 264 Å². The van der Waals surface area contributed by atoms with Gasteiger partial charge in [-0.15, -0.1) is 11.3 Å². The van der Waals surface area contributed by atoms with E-state index in [1.54, 1.807) is 0 Å². The van der Waals surface area contributed by atoms with Crippen molar-refractivity contribution in [2.24, 2.45) is 0 Å². The Morgan fingerprint density at radius 3 is 1.88 bits per heavy atom. The summed E-state index contributed by atoms with van der Waals surface area (Å²) in [6, 6.07) is 80.5. The maximum absolute atomic E-state index is 6.56. The summed E-state index contributed by atoms with van der Waals surface area (Å²) in [5, 5.41) is 3.79. The molecule has 2 aliphatic carbocycles. The fourth-order valence-electron chi connectivity index (χ4n) is 10.9. The van der Waals surface area contributed by atoms with Crippen LogP contribution in [0.1, 0.15) is 51.5 Å². The van der Waals surface area contributed by atoms with Crippen molar-refractivity contribution < 1.29 is 4.42 Å². The van der Waals surface area contributed by atoms with Gasteiger partial charge in [-0.25, -0.2) is 0 Å². The largest absolute Gasteiger partial charge is 0.460 e. The van der Waals surface area contributed by atoms with Crippen molar-refractivity contribution in [1.82, 2.24) is 0 Å². The van der Waals surface area contributed by atoms with E-state index in [1.807, 2.05) is 11.3 Å². The standard InChI is InChI=1S/C61H41NOS/c1-2-16-42(17-3-1)61(55-27-8-4-19-49(55)50-20-5-9-28-56(50)61)43-33-37-45(38-34-43)62(44-35-31-40(32-36-44)47-23-13-25-53-51-21-6-10-29-57(51)63-59(47)53)46-18-12-15-41(39-46)48-24-14-26-54-52-22-7-11-30-58(52)64-60(48)54/h1-22,24-39,47H,23H2. The molecule has 0 radical (unpaired) electrons. The molecule has 2 heterocycles. The number of nitrogens with zero attached hydrogens (tertiary/aromatic N) is 1. The van der Waals surface area contributed by atoms with E-state index in [0.717, 1.165) is 34.8 Å². The summed E-state index contributed by atoms with van der Waals surface area (Å²) in [7, 11) is 0. The van der Waals surface area contributed by atoms with E-state index < -0.39 is 5.41 Å². The molecule has 2 aliphatic rings. The Balaban J connectivity index is 0.960. The van der Waals surface area contributed by atoms with Crippen LogP contribution in [-0.4, -0.2) is 0 Å². The average Bonchev–Trinajstić information content (AvgIpc) is 4.04. The van der Waals surface area contributed by atoms with Crippen LogP contribution in [0.2, 0.25) is 0 Å². The van der Waals surface area contributed by atoms with Crippen LogP contribution in [0.5, 0.6) is 0 Å². The molecule has 2 nitrogen and oxygen atoms in total. The lowest BCUT2D eigenvalue weighted by atomic mass is 9.68. The minimum atomic E-state index is -0.466. The number of rotatable bonds is 7. The minimum absolute atomic E-state index is 0.144. The number of para-hydroxylation sites is 1. The first-order valence-corrected chi connectivity index (χ1v) is 23.0. The van der Waals surface area contributed by atoms with E-state index in [-0.39, 0.29) is 5.92 Å². The van der Waals surface area contributed by atoms with E-state index >= 15 is 0 Å². The van der Waals surface area contributed by atoms with Gasteiger partial charge in [-0.05, 0) is 105 Å². The predicted octanol–water partition coefficient (Wildman–Crippen LogP) is 16.8. The second-order valence-corrected chi connectivity index (χ2v) is 18.1. The second kappa shape index (κ2) is 14.7. The number of anilines is 3. The maximum atomic E-state index is 6.56. The number of benzene rings is 9. The SMILES string of the molecule is C1=Cc2c(oc3ccccc23)C(c2ccc(N(c3ccc(C4(c5ccccc5)c5ccccc5-c5ccccc54)cc3)c3cccc(-c4cccc5c4sc4ccccc45)c3)cc2)C1. The van der Waals surface area contributed by atoms with Gasteiger partial charge in [-0.2, -0.15) is 0 Å². The second-order valence-electron chi connectivity index (χ2n) is 17.1. The zero-order chi connectivity index (χ0) is 42.2. The highest BCUT2D eigenvalue weighted by Crippen LogP contribution is 2.56.